The van der Waals surface area contributed by atoms with Crippen LogP contribution in [0, 0.1) is 6.92 Å². The van der Waals surface area contributed by atoms with Crippen LogP contribution in [0.5, 0.6) is 5.75 Å². The number of nitrogens with one attached hydrogen (secondary N) is 1. The summed E-state index contributed by atoms with van der Waals surface area (Å²) >= 11 is 0. The average Bonchev–Trinajstić information content (AvgIpc) is 2.71. The number of carbonyl (C=O) groups excluding carboxylic acids is 2. The second kappa shape index (κ2) is 10.5. The molecule has 2 rings (SSSR count). The summed E-state index contributed by atoms with van der Waals surface area (Å²) in [6.45, 7) is 6.82. The number of methoxy groups -OCH3 is 1. The average molecular weight is 383 g/mol. The molecule has 2 aromatic rings. The van der Waals surface area contributed by atoms with Crippen molar-refractivity contribution in [2.75, 3.05) is 13.7 Å². The Bertz CT molecular complexity index is 769. The van der Waals surface area contributed by atoms with E-state index in [9.17, 15) is 9.59 Å². The zero-order valence-electron chi connectivity index (χ0n) is 17.2. The molecular formula is C23H30N2O3. The quantitative estimate of drug-likeness (QED) is 0.722. The topological polar surface area (TPSA) is 58.6 Å². The van der Waals surface area contributed by atoms with Gasteiger partial charge >= 0.3 is 0 Å². The number of benzene rings is 2. The Morgan fingerprint density at radius 1 is 1.04 bits per heavy atom. The molecule has 0 radical (unpaired) electrons. The molecule has 1 atom stereocenters. The van der Waals surface area contributed by atoms with Gasteiger partial charge in [0.15, 0.2) is 0 Å². The van der Waals surface area contributed by atoms with Crippen LogP contribution >= 0.6 is 0 Å². The Balaban J connectivity index is 2.18. The van der Waals surface area contributed by atoms with Crippen LogP contribution in [0.15, 0.2) is 48.5 Å². The lowest BCUT2D eigenvalue weighted by atomic mass is 10.1. The molecule has 0 aliphatic carbocycles. The highest BCUT2D eigenvalue weighted by atomic mass is 16.5. The minimum absolute atomic E-state index is 0.0788. The molecular weight excluding hydrogens is 352 g/mol. The number of rotatable bonds is 9. The van der Waals surface area contributed by atoms with E-state index >= 15 is 0 Å². The molecule has 0 bridgehead atoms. The summed E-state index contributed by atoms with van der Waals surface area (Å²) in [4.78, 5) is 27.2. The van der Waals surface area contributed by atoms with Gasteiger partial charge in [-0.25, -0.2) is 0 Å². The smallest absolute Gasteiger partial charge is 0.242 e. The number of carbonyl (C=O) groups is 2. The highest BCUT2D eigenvalue weighted by molar-refractivity contribution is 5.88. The second-order valence-electron chi connectivity index (χ2n) is 7.00. The fourth-order valence-electron chi connectivity index (χ4n) is 2.89. The van der Waals surface area contributed by atoms with E-state index in [1.54, 1.807) is 18.9 Å². The van der Waals surface area contributed by atoms with Gasteiger partial charge in [0.1, 0.15) is 11.8 Å². The number of ether oxygens (including phenoxy) is 1. The van der Waals surface area contributed by atoms with Gasteiger partial charge in [0.2, 0.25) is 11.8 Å². The second-order valence-corrected chi connectivity index (χ2v) is 7.00. The lowest BCUT2D eigenvalue weighted by Gasteiger charge is -2.29. The van der Waals surface area contributed by atoms with Crippen LogP contribution in [-0.4, -0.2) is 36.4 Å². The molecule has 0 heterocycles. The lowest BCUT2D eigenvalue weighted by molar-refractivity contribution is -0.140. The minimum atomic E-state index is -0.543. The van der Waals surface area contributed by atoms with Crippen LogP contribution < -0.4 is 10.1 Å². The van der Waals surface area contributed by atoms with Crippen molar-refractivity contribution in [3.63, 3.8) is 0 Å². The molecule has 2 amide bonds. The van der Waals surface area contributed by atoms with Crippen LogP contribution in [0.2, 0.25) is 0 Å². The molecule has 0 aromatic heterocycles. The third-order valence-corrected chi connectivity index (χ3v) is 4.70. The third kappa shape index (κ3) is 6.12. The number of amides is 2. The zero-order valence-corrected chi connectivity index (χ0v) is 17.2. The van der Waals surface area contributed by atoms with E-state index in [0.29, 0.717) is 13.1 Å². The summed E-state index contributed by atoms with van der Waals surface area (Å²) in [5.41, 5.74) is 3.05. The Kier molecular flexibility index (Phi) is 8.05. The molecule has 0 aliphatic heterocycles. The third-order valence-electron chi connectivity index (χ3n) is 4.70. The molecule has 0 saturated carbocycles. The summed E-state index contributed by atoms with van der Waals surface area (Å²) < 4.78 is 5.17. The van der Waals surface area contributed by atoms with Gasteiger partial charge in [-0.3, -0.25) is 9.59 Å². The van der Waals surface area contributed by atoms with Crippen molar-refractivity contribution in [2.24, 2.45) is 0 Å². The van der Waals surface area contributed by atoms with E-state index in [4.69, 9.17) is 4.74 Å². The van der Waals surface area contributed by atoms with E-state index in [2.05, 4.69) is 5.32 Å². The van der Waals surface area contributed by atoms with E-state index in [0.717, 1.165) is 28.9 Å². The normalized spacial score (nSPS) is 11.6. The molecule has 150 valence electrons. The number of hydrogen-bond donors (Lipinski definition) is 1. The van der Waals surface area contributed by atoms with Gasteiger partial charge in [0.05, 0.1) is 13.5 Å². The van der Waals surface area contributed by atoms with Crippen molar-refractivity contribution in [3.8, 4) is 5.75 Å². The molecule has 5 nitrogen and oxygen atoms in total. The Hall–Kier alpha value is -2.82. The Morgan fingerprint density at radius 2 is 1.64 bits per heavy atom. The molecule has 0 aliphatic rings. The molecule has 2 aromatic carbocycles. The van der Waals surface area contributed by atoms with Crippen molar-refractivity contribution >= 4 is 11.8 Å². The van der Waals surface area contributed by atoms with Gasteiger partial charge in [0, 0.05) is 13.1 Å². The minimum Gasteiger partial charge on any atom is -0.497 e. The van der Waals surface area contributed by atoms with E-state index < -0.39 is 6.04 Å². The zero-order chi connectivity index (χ0) is 20.5. The number of hydrogen-bond acceptors (Lipinski definition) is 3. The fraction of sp³-hybridized carbons (Fsp3) is 0.391. The van der Waals surface area contributed by atoms with Crippen LogP contribution in [0.1, 0.15) is 37.0 Å². The van der Waals surface area contributed by atoms with Gasteiger partial charge in [-0.1, -0.05) is 48.9 Å². The largest absolute Gasteiger partial charge is 0.497 e. The maximum atomic E-state index is 13.1. The summed E-state index contributed by atoms with van der Waals surface area (Å²) in [5, 5.41) is 2.89. The highest BCUT2D eigenvalue weighted by Crippen LogP contribution is 2.16. The summed E-state index contributed by atoms with van der Waals surface area (Å²) in [7, 11) is 1.61. The Labute approximate surface area is 167 Å². The van der Waals surface area contributed by atoms with Gasteiger partial charge < -0.3 is 15.0 Å². The van der Waals surface area contributed by atoms with E-state index in [1.807, 2.05) is 62.4 Å². The van der Waals surface area contributed by atoms with Crippen molar-refractivity contribution in [1.82, 2.24) is 10.2 Å². The molecule has 0 unspecified atom stereocenters. The highest BCUT2D eigenvalue weighted by Gasteiger charge is 2.26. The maximum Gasteiger partial charge on any atom is 0.242 e. The van der Waals surface area contributed by atoms with Crippen LogP contribution in [0.4, 0.5) is 0 Å². The van der Waals surface area contributed by atoms with Crippen LogP contribution in [0.25, 0.3) is 0 Å². The summed E-state index contributed by atoms with van der Waals surface area (Å²) in [5.74, 6) is 0.543. The van der Waals surface area contributed by atoms with Crippen molar-refractivity contribution in [2.45, 2.75) is 46.2 Å². The first-order chi connectivity index (χ1) is 13.4. The molecule has 0 saturated heterocycles. The fourth-order valence-corrected chi connectivity index (χ4v) is 2.89. The molecule has 0 spiro atoms. The standard InChI is InChI=1S/C23H30N2O3/c1-5-14-24-23(27)18(3)25(16-20-8-6-17(2)7-9-20)22(26)15-19-10-12-21(28-4)13-11-19/h6-13,18H,5,14-16H2,1-4H3,(H,24,27)/t18-/m1/s1. The first kappa shape index (κ1) is 21.5. The SMILES string of the molecule is CCCNC(=O)[C@@H](C)N(Cc1ccc(C)cc1)C(=O)Cc1ccc(OC)cc1. The molecule has 28 heavy (non-hydrogen) atoms. The molecule has 0 fully saturated rings. The summed E-state index contributed by atoms with van der Waals surface area (Å²) in [6.07, 6.45) is 1.09. The summed E-state index contributed by atoms with van der Waals surface area (Å²) in [6, 6.07) is 14.9. The van der Waals surface area contributed by atoms with Gasteiger partial charge in [-0.05, 0) is 43.5 Å². The maximum absolute atomic E-state index is 13.1. The first-order valence-electron chi connectivity index (χ1n) is 9.70. The van der Waals surface area contributed by atoms with Crippen molar-refractivity contribution in [3.05, 3.63) is 65.2 Å². The van der Waals surface area contributed by atoms with Gasteiger partial charge in [-0.2, -0.15) is 0 Å². The molecule has 5 heteroatoms. The van der Waals surface area contributed by atoms with Crippen molar-refractivity contribution < 1.29 is 14.3 Å². The van der Waals surface area contributed by atoms with Crippen LogP contribution in [0.3, 0.4) is 0 Å². The monoisotopic (exact) mass is 382 g/mol. The number of aryl methyl sites for hydroxylation is 1. The predicted octanol–water partition coefficient (Wildman–Crippen LogP) is 3.49. The Morgan fingerprint density at radius 3 is 2.21 bits per heavy atom. The van der Waals surface area contributed by atoms with Crippen LogP contribution in [-0.2, 0) is 22.6 Å². The van der Waals surface area contributed by atoms with E-state index in [1.165, 1.54) is 0 Å². The molecule has 1 N–H and O–H groups in total. The predicted molar refractivity (Wildman–Crippen MR) is 111 cm³/mol. The van der Waals surface area contributed by atoms with Gasteiger partial charge in [-0.15, -0.1) is 0 Å². The van der Waals surface area contributed by atoms with Crippen molar-refractivity contribution in [1.29, 1.82) is 0 Å². The number of nitrogens with zero attached hydrogens (tertiary/aromatic N) is 1. The van der Waals surface area contributed by atoms with E-state index in [-0.39, 0.29) is 18.2 Å². The lowest BCUT2D eigenvalue weighted by Crippen LogP contribution is -2.48. The van der Waals surface area contributed by atoms with Gasteiger partial charge in [0.25, 0.3) is 0 Å². The first-order valence-corrected chi connectivity index (χ1v) is 9.70.